The summed E-state index contributed by atoms with van der Waals surface area (Å²) in [5.41, 5.74) is 1.49. The number of sulfonamides is 1. The topological polar surface area (TPSA) is 66.5 Å². The summed E-state index contributed by atoms with van der Waals surface area (Å²) >= 11 is 7.96. The summed E-state index contributed by atoms with van der Waals surface area (Å²) in [5, 5.41) is 3.06. The summed E-state index contributed by atoms with van der Waals surface area (Å²) in [4.78, 5) is 12.7. The molecule has 0 aliphatic rings. The first-order valence-electron chi connectivity index (χ1n) is 9.69. The fourth-order valence-electron chi connectivity index (χ4n) is 2.89. The summed E-state index contributed by atoms with van der Waals surface area (Å²) in [5.74, 6) is 1.18. The third-order valence-electron chi connectivity index (χ3n) is 4.42. The van der Waals surface area contributed by atoms with E-state index in [-0.39, 0.29) is 28.1 Å². The Hall–Kier alpha value is -2.48. The highest BCUT2D eigenvalue weighted by molar-refractivity contribution is 7.98. The number of halogens is 1. The first kappa shape index (κ1) is 23.2. The summed E-state index contributed by atoms with van der Waals surface area (Å²) < 4.78 is 27.5. The molecule has 0 atom stereocenters. The van der Waals surface area contributed by atoms with Gasteiger partial charge in [0.2, 0.25) is 5.91 Å². The number of thioether (sulfide) groups is 1. The van der Waals surface area contributed by atoms with Gasteiger partial charge in [0.05, 0.1) is 15.6 Å². The van der Waals surface area contributed by atoms with Crippen molar-refractivity contribution >= 4 is 45.0 Å². The van der Waals surface area contributed by atoms with E-state index >= 15 is 0 Å². The average molecular weight is 475 g/mol. The molecule has 0 aromatic heterocycles. The van der Waals surface area contributed by atoms with Crippen molar-refractivity contribution in [3.05, 3.63) is 95.5 Å². The second-order valence-electron chi connectivity index (χ2n) is 6.66. The van der Waals surface area contributed by atoms with Crippen LogP contribution < -0.4 is 9.62 Å². The molecule has 3 aromatic carbocycles. The monoisotopic (exact) mass is 474 g/mol. The van der Waals surface area contributed by atoms with E-state index in [0.717, 1.165) is 15.8 Å². The van der Waals surface area contributed by atoms with Crippen LogP contribution in [-0.2, 0) is 20.6 Å². The van der Waals surface area contributed by atoms with Crippen LogP contribution in [0.25, 0.3) is 0 Å². The SMILES string of the molecule is O=C(CN(c1ccccc1Cl)S(=O)(=O)c1ccccc1)NCCSCc1ccccc1. The fraction of sp³-hybridized carbons (Fsp3) is 0.174. The zero-order valence-corrected chi connectivity index (χ0v) is 19.2. The van der Waals surface area contributed by atoms with Crippen molar-refractivity contribution in [3.8, 4) is 0 Å². The number of nitrogens with one attached hydrogen (secondary N) is 1. The number of rotatable bonds is 10. The summed E-state index contributed by atoms with van der Waals surface area (Å²) in [6.07, 6.45) is 0. The first-order chi connectivity index (χ1) is 15.0. The Bertz CT molecular complexity index is 1090. The Labute approximate surface area is 192 Å². The van der Waals surface area contributed by atoms with Crippen LogP contribution in [0.2, 0.25) is 5.02 Å². The van der Waals surface area contributed by atoms with Gasteiger partial charge in [0, 0.05) is 18.1 Å². The molecule has 5 nitrogen and oxygen atoms in total. The molecule has 0 spiro atoms. The summed E-state index contributed by atoms with van der Waals surface area (Å²) in [6, 6.07) is 24.7. The molecule has 3 rings (SSSR count). The van der Waals surface area contributed by atoms with Gasteiger partial charge in [0.15, 0.2) is 0 Å². The fourth-order valence-corrected chi connectivity index (χ4v) is 5.45. The van der Waals surface area contributed by atoms with Crippen LogP contribution in [0.4, 0.5) is 5.69 Å². The smallest absolute Gasteiger partial charge is 0.264 e. The molecule has 0 radical (unpaired) electrons. The molecule has 1 N–H and O–H groups in total. The van der Waals surface area contributed by atoms with Crippen molar-refractivity contribution in [2.45, 2.75) is 10.6 Å². The van der Waals surface area contributed by atoms with Crippen LogP contribution in [0, 0.1) is 0 Å². The second-order valence-corrected chi connectivity index (χ2v) is 10.0. The molecule has 0 saturated heterocycles. The van der Waals surface area contributed by atoms with Crippen LogP contribution in [0.1, 0.15) is 5.56 Å². The lowest BCUT2D eigenvalue weighted by Gasteiger charge is -2.25. The zero-order chi connectivity index (χ0) is 22.1. The molecule has 1 amide bonds. The molecular weight excluding hydrogens is 452 g/mol. The van der Waals surface area contributed by atoms with Gasteiger partial charge in [-0.1, -0.05) is 72.3 Å². The lowest BCUT2D eigenvalue weighted by atomic mass is 10.2. The molecule has 3 aromatic rings. The maximum atomic E-state index is 13.2. The predicted molar refractivity (Wildman–Crippen MR) is 128 cm³/mol. The quantitative estimate of drug-likeness (QED) is 0.436. The van der Waals surface area contributed by atoms with Crippen LogP contribution in [-0.4, -0.2) is 33.2 Å². The van der Waals surface area contributed by atoms with Gasteiger partial charge >= 0.3 is 0 Å². The first-order valence-corrected chi connectivity index (χ1v) is 12.7. The van der Waals surface area contributed by atoms with E-state index < -0.39 is 10.0 Å². The van der Waals surface area contributed by atoms with E-state index in [0.29, 0.717) is 6.54 Å². The van der Waals surface area contributed by atoms with E-state index in [1.807, 2.05) is 18.2 Å². The van der Waals surface area contributed by atoms with Gasteiger partial charge in [0.1, 0.15) is 6.54 Å². The highest BCUT2D eigenvalue weighted by Crippen LogP contribution is 2.30. The standard InChI is InChI=1S/C23H23ClN2O3S2/c24-21-13-7-8-14-22(21)26(31(28,29)20-11-5-2-6-12-20)17-23(27)25-15-16-30-18-19-9-3-1-4-10-19/h1-14H,15-18H2,(H,25,27). The molecule has 0 fully saturated rings. The number of carbonyl (C=O) groups excluding carboxylic acids is 1. The van der Waals surface area contributed by atoms with Gasteiger partial charge in [-0.3, -0.25) is 9.10 Å². The van der Waals surface area contributed by atoms with Crippen LogP contribution >= 0.6 is 23.4 Å². The number of amides is 1. The van der Waals surface area contributed by atoms with E-state index in [2.05, 4.69) is 17.4 Å². The van der Waals surface area contributed by atoms with Crippen molar-refractivity contribution in [1.82, 2.24) is 5.32 Å². The Morgan fingerprint density at radius 1 is 0.903 bits per heavy atom. The lowest BCUT2D eigenvalue weighted by Crippen LogP contribution is -2.41. The molecule has 0 aliphatic carbocycles. The third-order valence-corrected chi connectivity index (χ3v) is 7.54. The second kappa shape index (κ2) is 11.2. The molecule has 162 valence electrons. The number of hydrogen-bond donors (Lipinski definition) is 1. The van der Waals surface area contributed by atoms with Crippen molar-refractivity contribution in [3.63, 3.8) is 0 Å². The van der Waals surface area contributed by atoms with Gasteiger partial charge in [-0.25, -0.2) is 8.42 Å². The largest absolute Gasteiger partial charge is 0.354 e. The molecular formula is C23H23ClN2O3S2. The molecule has 8 heteroatoms. The predicted octanol–water partition coefficient (Wildman–Crippen LogP) is 4.58. The number of benzene rings is 3. The molecule has 0 aliphatic heterocycles. The van der Waals surface area contributed by atoms with Gasteiger partial charge in [0.25, 0.3) is 10.0 Å². The maximum Gasteiger partial charge on any atom is 0.264 e. The molecule has 0 unspecified atom stereocenters. The summed E-state index contributed by atoms with van der Waals surface area (Å²) in [7, 11) is -3.96. The maximum absolute atomic E-state index is 13.2. The average Bonchev–Trinajstić information content (AvgIpc) is 2.79. The summed E-state index contributed by atoms with van der Waals surface area (Å²) in [6.45, 7) is 0.0857. The van der Waals surface area contributed by atoms with Crippen LogP contribution in [0.5, 0.6) is 0 Å². The molecule has 31 heavy (non-hydrogen) atoms. The zero-order valence-electron chi connectivity index (χ0n) is 16.8. The van der Waals surface area contributed by atoms with E-state index in [9.17, 15) is 13.2 Å². The number of nitrogens with zero attached hydrogens (tertiary/aromatic N) is 1. The van der Waals surface area contributed by atoms with Gasteiger partial charge < -0.3 is 5.32 Å². The van der Waals surface area contributed by atoms with Gasteiger partial charge in [-0.2, -0.15) is 11.8 Å². The number of para-hydroxylation sites is 1. The Kier molecular flexibility index (Phi) is 8.40. The van der Waals surface area contributed by atoms with E-state index in [1.165, 1.54) is 17.7 Å². The lowest BCUT2D eigenvalue weighted by molar-refractivity contribution is -0.119. The molecule has 0 saturated carbocycles. The van der Waals surface area contributed by atoms with Crippen LogP contribution in [0.3, 0.4) is 0 Å². The Morgan fingerprint density at radius 2 is 1.52 bits per heavy atom. The van der Waals surface area contributed by atoms with Crippen molar-refractivity contribution in [1.29, 1.82) is 0 Å². The van der Waals surface area contributed by atoms with Crippen molar-refractivity contribution < 1.29 is 13.2 Å². The van der Waals surface area contributed by atoms with E-state index in [1.54, 1.807) is 54.2 Å². The Balaban J connectivity index is 1.65. The molecule has 0 bridgehead atoms. The number of carbonyl (C=O) groups is 1. The minimum absolute atomic E-state index is 0.0983. The highest BCUT2D eigenvalue weighted by atomic mass is 35.5. The number of anilines is 1. The van der Waals surface area contributed by atoms with Crippen molar-refractivity contribution in [2.75, 3.05) is 23.1 Å². The third kappa shape index (κ3) is 6.50. The van der Waals surface area contributed by atoms with E-state index in [4.69, 9.17) is 11.6 Å². The Morgan fingerprint density at radius 3 is 2.19 bits per heavy atom. The van der Waals surface area contributed by atoms with Crippen molar-refractivity contribution in [2.24, 2.45) is 0 Å². The van der Waals surface area contributed by atoms with Crippen LogP contribution in [0.15, 0.2) is 89.8 Å². The minimum atomic E-state index is -3.96. The minimum Gasteiger partial charge on any atom is -0.354 e. The molecule has 0 heterocycles. The highest BCUT2D eigenvalue weighted by Gasteiger charge is 2.28. The normalized spacial score (nSPS) is 11.1. The van der Waals surface area contributed by atoms with Gasteiger partial charge in [-0.15, -0.1) is 0 Å². The van der Waals surface area contributed by atoms with Gasteiger partial charge in [-0.05, 0) is 29.8 Å². The number of hydrogen-bond acceptors (Lipinski definition) is 4.